The Kier molecular flexibility index (Phi) is 7.17. The molecular weight excluding hydrogens is 437 g/mol. The zero-order chi connectivity index (χ0) is 23.3. The zero-order valence-electron chi connectivity index (χ0n) is 18.1. The minimum atomic E-state index is -4.36. The van der Waals surface area contributed by atoms with E-state index in [0.29, 0.717) is 37.6 Å². The van der Waals surface area contributed by atoms with Crippen molar-refractivity contribution in [2.45, 2.75) is 32.0 Å². The maximum atomic E-state index is 12.7. The first-order chi connectivity index (χ1) is 15.9. The summed E-state index contributed by atoms with van der Waals surface area (Å²) < 4.78 is 49.0. The highest BCUT2D eigenvalue weighted by Gasteiger charge is 2.30. The van der Waals surface area contributed by atoms with Gasteiger partial charge < -0.3 is 19.2 Å². The van der Waals surface area contributed by atoms with Gasteiger partial charge in [-0.1, -0.05) is 17.3 Å². The first-order valence-corrected chi connectivity index (χ1v) is 10.9. The number of hydrogen-bond donors (Lipinski definition) is 0. The van der Waals surface area contributed by atoms with Gasteiger partial charge in [-0.2, -0.15) is 13.2 Å². The third kappa shape index (κ3) is 6.04. The molecule has 4 rings (SSSR count). The van der Waals surface area contributed by atoms with Gasteiger partial charge in [0.2, 0.25) is 0 Å². The van der Waals surface area contributed by atoms with Gasteiger partial charge in [0.25, 0.3) is 5.91 Å². The number of hydrogen-bond acceptors (Lipinski definition) is 5. The molecule has 2 aromatic rings. The molecule has 0 spiro atoms. The van der Waals surface area contributed by atoms with Crippen LogP contribution in [0.15, 0.2) is 47.6 Å². The average Bonchev–Trinajstić information content (AvgIpc) is 2.83. The molecule has 33 heavy (non-hydrogen) atoms. The van der Waals surface area contributed by atoms with Gasteiger partial charge in [-0.15, -0.1) is 0 Å². The SMILES string of the molecule is O=C(COc1ccc2c(c1)CCC/C2=N/OCc1ccc(C(F)(F)F)cc1)N1CCOCC1. The third-order valence-corrected chi connectivity index (χ3v) is 5.66. The van der Waals surface area contributed by atoms with E-state index in [-0.39, 0.29) is 19.1 Å². The summed E-state index contributed by atoms with van der Waals surface area (Å²) in [5, 5.41) is 4.24. The van der Waals surface area contributed by atoms with E-state index < -0.39 is 11.7 Å². The minimum Gasteiger partial charge on any atom is -0.484 e. The van der Waals surface area contributed by atoms with Gasteiger partial charge in [0, 0.05) is 18.7 Å². The van der Waals surface area contributed by atoms with Crippen LogP contribution < -0.4 is 4.74 Å². The van der Waals surface area contributed by atoms with E-state index in [2.05, 4.69) is 5.16 Å². The summed E-state index contributed by atoms with van der Waals surface area (Å²) >= 11 is 0. The number of carbonyl (C=O) groups is 1. The van der Waals surface area contributed by atoms with E-state index in [4.69, 9.17) is 14.3 Å². The van der Waals surface area contributed by atoms with Crippen LogP contribution in [0.4, 0.5) is 13.2 Å². The zero-order valence-corrected chi connectivity index (χ0v) is 18.1. The van der Waals surface area contributed by atoms with Crippen LogP contribution in [0.5, 0.6) is 5.75 Å². The van der Waals surface area contributed by atoms with E-state index in [1.165, 1.54) is 12.1 Å². The Hall–Kier alpha value is -3.07. The van der Waals surface area contributed by atoms with Gasteiger partial charge in [0.15, 0.2) is 6.61 Å². The molecular formula is C24H25F3N2O4. The molecule has 0 bridgehead atoms. The number of benzene rings is 2. The van der Waals surface area contributed by atoms with Crippen LogP contribution in [0.2, 0.25) is 0 Å². The minimum absolute atomic E-state index is 0.0179. The fourth-order valence-electron chi connectivity index (χ4n) is 3.85. The van der Waals surface area contributed by atoms with Crippen LogP contribution in [-0.2, 0) is 33.6 Å². The van der Waals surface area contributed by atoms with Gasteiger partial charge in [0.1, 0.15) is 12.4 Å². The normalized spacial score (nSPS) is 17.5. The number of amides is 1. The molecule has 0 atom stereocenters. The summed E-state index contributed by atoms with van der Waals surface area (Å²) in [4.78, 5) is 19.4. The number of aryl methyl sites for hydroxylation is 1. The second-order valence-corrected chi connectivity index (χ2v) is 7.96. The van der Waals surface area contributed by atoms with Crippen molar-refractivity contribution in [2.75, 3.05) is 32.9 Å². The number of carbonyl (C=O) groups excluding carboxylic acids is 1. The first-order valence-electron chi connectivity index (χ1n) is 10.9. The van der Waals surface area contributed by atoms with Crippen molar-refractivity contribution in [3.05, 3.63) is 64.7 Å². The molecule has 1 fully saturated rings. The number of oxime groups is 1. The molecule has 0 saturated carbocycles. The molecule has 1 aliphatic carbocycles. The quantitative estimate of drug-likeness (QED) is 0.604. The number of fused-ring (bicyclic) bond motifs is 1. The molecule has 0 unspecified atom stereocenters. The summed E-state index contributed by atoms with van der Waals surface area (Å²) in [6.45, 7) is 2.33. The van der Waals surface area contributed by atoms with Crippen molar-refractivity contribution in [2.24, 2.45) is 5.16 Å². The fourth-order valence-corrected chi connectivity index (χ4v) is 3.85. The highest BCUT2D eigenvalue weighted by atomic mass is 19.4. The van der Waals surface area contributed by atoms with Gasteiger partial charge in [-0.25, -0.2) is 0 Å². The van der Waals surface area contributed by atoms with E-state index in [1.807, 2.05) is 18.2 Å². The highest BCUT2D eigenvalue weighted by molar-refractivity contribution is 6.02. The smallest absolute Gasteiger partial charge is 0.416 e. The van der Waals surface area contributed by atoms with Crippen LogP contribution in [0.3, 0.4) is 0 Å². The molecule has 1 saturated heterocycles. The Bertz CT molecular complexity index is 1000. The van der Waals surface area contributed by atoms with Crippen molar-refractivity contribution in [1.29, 1.82) is 0 Å². The second-order valence-electron chi connectivity index (χ2n) is 7.96. The van der Waals surface area contributed by atoms with Crippen LogP contribution in [0.25, 0.3) is 0 Å². The number of ether oxygens (including phenoxy) is 2. The molecule has 176 valence electrons. The summed E-state index contributed by atoms with van der Waals surface area (Å²) in [6.07, 6.45) is -1.85. The fraction of sp³-hybridized carbons (Fsp3) is 0.417. The summed E-state index contributed by atoms with van der Waals surface area (Å²) in [5.41, 5.74) is 2.73. The van der Waals surface area contributed by atoms with Crippen LogP contribution in [0.1, 0.15) is 35.1 Å². The third-order valence-electron chi connectivity index (χ3n) is 5.66. The van der Waals surface area contributed by atoms with Gasteiger partial charge in [-0.3, -0.25) is 4.79 Å². The number of rotatable bonds is 6. The van der Waals surface area contributed by atoms with Crippen LogP contribution in [-0.4, -0.2) is 49.4 Å². The Balaban J connectivity index is 1.34. The summed E-state index contributed by atoms with van der Waals surface area (Å²) in [6, 6.07) is 10.5. The Morgan fingerprint density at radius 2 is 1.82 bits per heavy atom. The Labute approximate surface area is 189 Å². The standard InChI is InChI=1S/C24H25F3N2O4/c25-24(26,27)19-6-4-17(5-7-19)15-33-28-22-3-1-2-18-14-20(8-9-21(18)22)32-16-23(30)29-10-12-31-13-11-29/h4-9,14H,1-3,10-13,15-16H2/b28-22-. The van der Waals surface area contributed by atoms with E-state index in [1.54, 1.807) is 4.90 Å². The number of halogens is 3. The van der Waals surface area contributed by atoms with Crippen LogP contribution in [0, 0.1) is 0 Å². The molecule has 1 aliphatic heterocycles. The maximum Gasteiger partial charge on any atom is 0.416 e. The van der Waals surface area contributed by atoms with Gasteiger partial charge in [-0.05, 0) is 60.7 Å². The highest BCUT2D eigenvalue weighted by Crippen LogP contribution is 2.29. The molecule has 0 N–H and O–H groups in total. The van der Waals surface area contributed by atoms with Crippen molar-refractivity contribution in [1.82, 2.24) is 4.90 Å². The predicted molar refractivity (Wildman–Crippen MR) is 115 cm³/mol. The number of morpholine rings is 1. The number of nitrogens with zero attached hydrogens (tertiary/aromatic N) is 2. The van der Waals surface area contributed by atoms with Crippen LogP contribution >= 0.6 is 0 Å². The van der Waals surface area contributed by atoms with E-state index >= 15 is 0 Å². The predicted octanol–water partition coefficient (Wildman–Crippen LogP) is 4.20. The molecule has 9 heteroatoms. The number of alkyl halides is 3. The van der Waals surface area contributed by atoms with Crippen molar-refractivity contribution < 1.29 is 32.3 Å². The molecule has 6 nitrogen and oxygen atoms in total. The lowest BCUT2D eigenvalue weighted by Crippen LogP contribution is -2.42. The largest absolute Gasteiger partial charge is 0.484 e. The summed E-state index contributed by atoms with van der Waals surface area (Å²) in [7, 11) is 0. The Morgan fingerprint density at radius 1 is 1.06 bits per heavy atom. The molecule has 2 aliphatic rings. The molecule has 1 amide bonds. The van der Waals surface area contributed by atoms with Gasteiger partial charge >= 0.3 is 6.18 Å². The van der Waals surface area contributed by atoms with E-state index in [9.17, 15) is 18.0 Å². The lowest BCUT2D eigenvalue weighted by atomic mass is 9.90. The lowest BCUT2D eigenvalue weighted by Gasteiger charge is -2.26. The van der Waals surface area contributed by atoms with Gasteiger partial charge in [0.05, 0.1) is 24.5 Å². The average molecular weight is 462 g/mol. The molecule has 0 radical (unpaired) electrons. The molecule has 2 aromatic carbocycles. The second kappa shape index (κ2) is 10.2. The molecule has 1 heterocycles. The maximum absolute atomic E-state index is 12.7. The molecule has 0 aromatic heterocycles. The van der Waals surface area contributed by atoms with Crippen molar-refractivity contribution >= 4 is 11.6 Å². The monoisotopic (exact) mass is 462 g/mol. The Morgan fingerprint density at radius 3 is 2.55 bits per heavy atom. The topological polar surface area (TPSA) is 60.4 Å². The van der Waals surface area contributed by atoms with E-state index in [0.717, 1.165) is 48.2 Å². The van der Waals surface area contributed by atoms with Crippen molar-refractivity contribution in [3.8, 4) is 5.75 Å². The summed E-state index contributed by atoms with van der Waals surface area (Å²) in [5.74, 6) is 0.567. The first kappa shape index (κ1) is 23.1. The lowest BCUT2D eigenvalue weighted by molar-refractivity contribution is -0.138. The van der Waals surface area contributed by atoms with Crippen molar-refractivity contribution in [3.63, 3.8) is 0 Å².